The summed E-state index contributed by atoms with van der Waals surface area (Å²) >= 11 is 0. The van der Waals surface area contributed by atoms with Crippen molar-refractivity contribution in [3.05, 3.63) is 48.0 Å². The lowest BCUT2D eigenvalue weighted by molar-refractivity contribution is -0.143. The van der Waals surface area contributed by atoms with Crippen molar-refractivity contribution in [3.8, 4) is 0 Å². The van der Waals surface area contributed by atoms with Crippen LogP contribution < -0.4 is 5.32 Å². The molecule has 0 heterocycles. The smallest absolute Gasteiger partial charge is 0.326 e. The molecule has 116 valence electrons. The van der Waals surface area contributed by atoms with Gasteiger partial charge in [-0.15, -0.1) is 0 Å². The molecule has 0 saturated carbocycles. The number of carboxylic acids is 1. The molecule has 0 spiro atoms. The molecule has 2 rings (SSSR count). The summed E-state index contributed by atoms with van der Waals surface area (Å²) < 4.78 is 0. The molecule has 0 aliphatic heterocycles. The van der Waals surface area contributed by atoms with Crippen LogP contribution >= 0.6 is 0 Å². The summed E-state index contributed by atoms with van der Waals surface area (Å²) in [4.78, 5) is 23.5. The summed E-state index contributed by atoms with van der Waals surface area (Å²) in [5.41, 5.74) is 0.298. The van der Waals surface area contributed by atoms with Crippen molar-refractivity contribution in [1.82, 2.24) is 5.32 Å². The molecule has 2 N–H and O–H groups in total. The van der Waals surface area contributed by atoms with Gasteiger partial charge in [0, 0.05) is 11.8 Å². The monoisotopic (exact) mass is 299 g/mol. The van der Waals surface area contributed by atoms with Crippen LogP contribution in [0.15, 0.2) is 42.5 Å². The number of aliphatic carboxylic acids is 1. The van der Waals surface area contributed by atoms with Crippen LogP contribution in [0.3, 0.4) is 0 Å². The van der Waals surface area contributed by atoms with Gasteiger partial charge in [0.05, 0.1) is 0 Å². The van der Waals surface area contributed by atoms with Crippen LogP contribution in [-0.4, -0.2) is 23.0 Å². The van der Waals surface area contributed by atoms with Crippen LogP contribution in [0.1, 0.15) is 26.3 Å². The zero-order valence-corrected chi connectivity index (χ0v) is 13.1. The SMILES string of the molecule is CC(C)(C)C(=O)N[C@@H](Cc1cccc2ccccc12)C(=O)O. The summed E-state index contributed by atoms with van der Waals surface area (Å²) in [5, 5.41) is 14.1. The summed E-state index contributed by atoms with van der Waals surface area (Å²) in [6, 6.07) is 12.7. The Morgan fingerprint density at radius 1 is 1.09 bits per heavy atom. The lowest BCUT2D eigenvalue weighted by Crippen LogP contribution is -2.46. The van der Waals surface area contributed by atoms with Crippen molar-refractivity contribution in [2.24, 2.45) is 5.41 Å². The maximum absolute atomic E-state index is 12.1. The van der Waals surface area contributed by atoms with E-state index >= 15 is 0 Å². The third-order valence-electron chi connectivity index (χ3n) is 3.59. The van der Waals surface area contributed by atoms with Crippen LogP contribution in [0, 0.1) is 5.41 Å². The number of benzene rings is 2. The van der Waals surface area contributed by atoms with Gasteiger partial charge in [0.25, 0.3) is 0 Å². The highest BCUT2D eigenvalue weighted by atomic mass is 16.4. The van der Waals surface area contributed by atoms with Gasteiger partial charge >= 0.3 is 5.97 Å². The van der Waals surface area contributed by atoms with E-state index in [4.69, 9.17) is 0 Å². The van der Waals surface area contributed by atoms with Crippen LogP contribution in [0.4, 0.5) is 0 Å². The van der Waals surface area contributed by atoms with Crippen molar-refractivity contribution < 1.29 is 14.7 Å². The van der Waals surface area contributed by atoms with Crippen molar-refractivity contribution in [3.63, 3.8) is 0 Å². The van der Waals surface area contributed by atoms with Gasteiger partial charge in [0.1, 0.15) is 6.04 Å². The standard InChI is InChI=1S/C18H21NO3/c1-18(2,3)17(22)19-15(16(20)21)11-13-9-6-8-12-7-4-5-10-14(12)13/h4-10,15H,11H2,1-3H3,(H,19,22)(H,20,21)/t15-/m0/s1. The first-order chi connectivity index (χ1) is 10.3. The molecule has 0 aliphatic carbocycles. The van der Waals surface area contributed by atoms with Gasteiger partial charge < -0.3 is 10.4 Å². The van der Waals surface area contributed by atoms with E-state index in [0.29, 0.717) is 0 Å². The molecule has 1 atom stereocenters. The average Bonchev–Trinajstić information content (AvgIpc) is 2.45. The van der Waals surface area contributed by atoms with E-state index in [2.05, 4.69) is 5.32 Å². The molecule has 0 radical (unpaired) electrons. The number of hydrogen-bond acceptors (Lipinski definition) is 2. The fraction of sp³-hybridized carbons (Fsp3) is 0.333. The minimum atomic E-state index is -1.02. The maximum Gasteiger partial charge on any atom is 0.326 e. The summed E-state index contributed by atoms with van der Waals surface area (Å²) in [6.07, 6.45) is 0.262. The van der Waals surface area contributed by atoms with Crippen molar-refractivity contribution in [1.29, 1.82) is 0 Å². The first-order valence-corrected chi connectivity index (χ1v) is 7.29. The second kappa shape index (κ2) is 6.18. The quantitative estimate of drug-likeness (QED) is 0.912. The van der Waals surface area contributed by atoms with E-state index in [0.717, 1.165) is 16.3 Å². The highest BCUT2D eigenvalue weighted by Crippen LogP contribution is 2.20. The Hall–Kier alpha value is -2.36. The molecular formula is C18H21NO3. The van der Waals surface area contributed by atoms with E-state index in [1.165, 1.54) is 0 Å². The van der Waals surface area contributed by atoms with E-state index in [9.17, 15) is 14.7 Å². The Morgan fingerprint density at radius 2 is 1.73 bits per heavy atom. The van der Waals surface area contributed by atoms with Crippen molar-refractivity contribution >= 4 is 22.6 Å². The second-order valence-corrected chi connectivity index (χ2v) is 6.46. The van der Waals surface area contributed by atoms with Gasteiger partial charge in [-0.25, -0.2) is 4.79 Å². The predicted octanol–water partition coefficient (Wildman–Crippen LogP) is 3.00. The first-order valence-electron chi connectivity index (χ1n) is 7.29. The Morgan fingerprint density at radius 3 is 2.36 bits per heavy atom. The second-order valence-electron chi connectivity index (χ2n) is 6.46. The highest BCUT2D eigenvalue weighted by Gasteiger charge is 2.27. The van der Waals surface area contributed by atoms with Crippen molar-refractivity contribution in [2.45, 2.75) is 33.2 Å². The Labute approximate surface area is 130 Å². The summed E-state index contributed by atoms with van der Waals surface area (Å²) in [5.74, 6) is -1.29. The molecule has 0 aromatic heterocycles. The molecule has 2 aromatic rings. The normalized spacial score (nSPS) is 12.9. The Kier molecular flexibility index (Phi) is 4.50. The maximum atomic E-state index is 12.1. The molecule has 2 aromatic carbocycles. The molecule has 0 unspecified atom stereocenters. The predicted molar refractivity (Wildman–Crippen MR) is 86.7 cm³/mol. The lowest BCUT2D eigenvalue weighted by Gasteiger charge is -2.22. The highest BCUT2D eigenvalue weighted by molar-refractivity contribution is 5.89. The number of rotatable bonds is 4. The van der Waals surface area contributed by atoms with E-state index < -0.39 is 17.4 Å². The molecule has 22 heavy (non-hydrogen) atoms. The molecule has 4 nitrogen and oxygen atoms in total. The molecule has 4 heteroatoms. The van der Waals surface area contributed by atoms with E-state index in [1.807, 2.05) is 42.5 Å². The van der Waals surface area contributed by atoms with Crippen LogP contribution in [0.5, 0.6) is 0 Å². The zero-order valence-electron chi connectivity index (χ0n) is 13.1. The number of nitrogens with one attached hydrogen (secondary N) is 1. The van der Waals surface area contributed by atoms with Gasteiger partial charge in [-0.1, -0.05) is 63.2 Å². The fourth-order valence-corrected chi connectivity index (χ4v) is 2.27. The number of carboxylic acid groups (broad SMARTS) is 1. The zero-order chi connectivity index (χ0) is 16.3. The third-order valence-corrected chi connectivity index (χ3v) is 3.59. The van der Waals surface area contributed by atoms with Gasteiger partial charge in [-0.05, 0) is 16.3 Å². The average molecular weight is 299 g/mol. The van der Waals surface area contributed by atoms with Crippen LogP contribution in [0.25, 0.3) is 10.8 Å². The third kappa shape index (κ3) is 3.64. The van der Waals surface area contributed by atoms with E-state index in [1.54, 1.807) is 20.8 Å². The van der Waals surface area contributed by atoms with Gasteiger partial charge in [0.15, 0.2) is 0 Å². The number of carbonyl (C=O) groups excluding carboxylic acids is 1. The molecular weight excluding hydrogens is 278 g/mol. The number of carbonyl (C=O) groups is 2. The van der Waals surface area contributed by atoms with Gasteiger partial charge in [-0.3, -0.25) is 4.79 Å². The first kappa shape index (κ1) is 16.0. The number of amides is 1. The summed E-state index contributed by atoms with van der Waals surface area (Å²) in [7, 11) is 0. The largest absolute Gasteiger partial charge is 0.480 e. The molecule has 0 aliphatic rings. The minimum Gasteiger partial charge on any atom is -0.480 e. The molecule has 0 fully saturated rings. The van der Waals surface area contributed by atoms with Crippen molar-refractivity contribution in [2.75, 3.05) is 0 Å². The Balaban J connectivity index is 2.27. The van der Waals surface area contributed by atoms with E-state index in [-0.39, 0.29) is 12.3 Å². The van der Waals surface area contributed by atoms with Crippen LogP contribution in [0.2, 0.25) is 0 Å². The minimum absolute atomic E-state index is 0.262. The molecule has 1 amide bonds. The summed E-state index contributed by atoms with van der Waals surface area (Å²) in [6.45, 7) is 5.29. The molecule has 0 saturated heterocycles. The number of fused-ring (bicyclic) bond motifs is 1. The topological polar surface area (TPSA) is 66.4 Å². The lowest BCUT2D eigenvalue weighted by atomic mass is 9.94. The van der Waals surface area contributed by atoms with Crippen LogP contribution in [-0.2, 0) is 16.0 Å². The Bertz CT molecular complexity index is 696. The molecule has 0 bridgehead atoms. The van der Waals surface area contributed by atoms with Gasteiger partial charge in [0.2, 0.25) is 5.91 Å². The fourth-order valence-electron chi connectivity index (χ4n) is 2.27. The van der Waals surface area contributed by atoms with Gasteiger partial charge in [-0.2, -0.15) is 0 Å². The number of hydrogen-bond donors (Lipinski definition) is 2.